The van der Waals surface area contributed by atoms with Crippen molar-refractivity contribution < 1.29 is 0 Å². The number of aromatic nitrogens is 11. The monoisotopic (exact) mass is 1260 g/mol. The van der Waals surface area contributed by atoms with Gasteiger partial charge in [-0.2, -0.15) is 0 Å². The second-order valence-electron chi connectivity index (χ2n) is 22.5. The topological polar surface area (TPSA) is 118 Å². The molecule has 0 radical (unpaired) electrons. The number of benzene rings is 12. The Morgan fingerprint density at radius 3 is 1.24 bits per heavy atom. The SMILES string of the molecule is Brc1cccc(-c2nc(-c3ccccc3)nc(-c3ccccc3)n2)c1.c1ccc(-c2nc(-c3ccccc3)nc(-c3cccc(-n4c5ccccc5c5ccc6ncn(-c7ccccc7)c6c54)c3)n2)cc1.c1ccc(-n2cnc3ccc4c(c32)Cc2ccccc2-4)cc1. The summed E-state index contributed by atoms with van der Waals surface area (Å²) in [7, 11) is 0. The average molecular weight is 1260 g/mol. The van der Waals surface area contributed by atoms with E-state index in [1.807, 2.05) is 170 Å². The number of hydrogen-bond acceptors (Lipinski definition) is 8. The predicted molar refractivity (Wildman–Crippen MR) is 378 cm³/mol. The fraction of sp³-hybridized carbons (Fsp3) is 0.0123. The molecule has 0 unspecified atom stereocenters. The van der Waals surface area contributed by atoms with Crippen LogP contribution >= 0.6 is 15.9 Å². The number of hydrogen-bond donors (Lipinski definition) is 0. The molecule has 5 heterocycles. The zero-order chi connectivity index (χ0) is 62.0. The summed E-state index contributed by atoms with van der Waals surface area (Å²) in [5, 5.41) is 2.35. The van der Waals surface area contributed by atoms with Crippen molar-refractivity contribution in [1.29, 1.82) is 0 Å². The van der Waals surface area contributed by atoms with Crippen LogP contribution in [0.25, 0.3) is 140 Å². The van der Waals surface area contributed by atoms with Crippen molar-refractivity contribution in [1.82, 2.24) is 53.6 Å². The summed E-state index contributed by atoms with van der Waals surface area (Å²) < 4.78 is 7.73. The minimum atomic E-state index is 0.620. The fourth-order valence-corrected chi connectivity index (χ4v) is 12.8. The minimum Gasteiger partial charge on any atom is -0.307 e. The van der Waals surface area contributed by atoms with E-state index in [1.165, 1.54) is 38.5 Å². The lowest BCUT2D eigenvalue weighted by Gasteiger charge is -2.13. The molecule has 0 aliphatic heterocycles. The van der Waals surface area contributed by atoms with Crippen LogP contribution in [0, 0.1) is 0 Å². The summed E-state index contributed by atoms with van der Waals surface area (Å²) in [6, 6.07) is 103. The molecular formula is C81H54BrN11. The molecule has 0 saturated heterocycles. The van der Waals surface area contributed by atoms with Gasteiger partial charge in [0.25, 0.3) is 0 Å². The molecule has 12 aromatic carbocycles. The molecule has 0 spiro atoms. The first-order chi connectivity index (χ1) is 46.0. The maximum atomic E-state index is 5.00. The second-order valence-corrected chi connectivity index (χ2v) is 23.4. The Morgan fingerprint density at radius 1 is 0.290 bits per heavy atom. The van der Waals surface area contributed by atoms with E-state index in [0.29, 0.717) is 34.9 Å². The lowest BCUT2D eigenvalue weighted by Crippen LogP contribution is -2.01. The van der Waals surface area contributed by atoms with Crippen LogP contribution in [0.2, 0.25) is 0 Å². The number of nitrogens with zero attached hydrogens (tertiary/aromatic N) is 11. The summed E-state index contributed by atoms with van der Waals surface area (Å²) in [5.74, 6) is 3.90. The van der Waals surface area contributed by atoms with Crippen molar-refractivity contribution in [3.05, 3.63) is 332 Å². The summed E-state index contributed by atoms with van der Waals surface area (Å²) in [6.45, 7) is 0. The van der Waals surface area contributed by atoms with E-state index in [9.17, 15) is 0 Å². The molecule has 1 aliphatic rings. The first kappa shape index (κ1) is 56.1. The molecule has 0 N–H and O–H groups in total. The van der Waals surface area contributed by atoms with Gasteiger partial charge in [-0.05, 0) is 95.1 Å². The Kier molecular flexibility index (Phi) is 14.9. The first-order valence-electron chi connectivity index (χ1n) is 30.7. The Balaban J connectivity index is 0.000000122. The highest BCUT2D eigenvalue weighted by molar-refractivity contribution is 9.10. The van der Waals surface area contributed by atoms with Crippen LogP contribution in [0.15, 0.2) is 320 Å². The van der Waals surface area contributed by atoms with Gasteiger partial charge in [-0.3, -0.25) is 9.13 Å². The second kappa shape index (κ2) is 24.7. The van der Waals surface area contributed by atoms with Crippen LogP contribution in [0.4, 0.5) is 0 Å². The summed E-state index contributed by atoms with van der Waals surface area (Å²) >= 11 is 3.52. The van der Waals surface area contributed by atoms with E-state index in [4.69, 9.17) is 29.9 Å². The maximum absolute atomic E-state index is 5.00. The molecule has 0 amide bonds. The van der Waals surface area contributed by atoms with Crippen molar-refractivity contribution in [3.63, 3.8) is 0 Å². The quantitative estimate of drug-likeness (QED) is 0.140. The van der Waals surface area contributed by atoms with E-state index in [-0.39, 0.29) is 0 Å². The van der Waals surface area contributed by atoms with Gasteiger partial charge in [0.15, 0.2) is 34.9 Å². The van der Waals surface area contributed by atoms with Crippen molar-refractivity contribution in [2.24, 2.45) is 0 Å². The van der Waals surface area contributed by atoms with Gasteiger partial charge in [-0.25, -0.2) is 39.9 Å². The predicted octanol–water partition coefficient (Wildman–Crippen LogP) is 19.5. The Bertz CT molecular complexity index is 5430. The standard InChI is InChI=1S/C40H26N6.C21H14BrN3.C20H14N2/c1-4-13-27(14-5-1)38-42-39(28-15-6-2-7-16-28)44-40(43-38)29-17-12-20-31(25-29)46-35-22-11-10-21-32(35)33-23-24-34-37(36(33)46)45(26-41-34)30-18-8-3-9-19-30;22-18-13-7-12-17(14-18)21-24-19(15-8-3-1-4-9-15)23-20(25-21)16-10-5-2-6-11-16;1-2-7-15(8-3-1)22-13-21-19-11-10-17-16-9-5-4-6-14(16)12-18(17)20(19)22/h1-26H;1-14H;1-11,13H,12H2. The third-order valence-electron chi connectivity index (χ3n) is 16.7. The number of imidazole rings is 2. The van der Waals surface area contributed by atoms with Crippen LogP contribution < -0.4 is 0 Å². The summed E-state index contributed by atoms with van der Waals surface area (Å²) in [5.41, 5.74) is 20.9. The van der Waals surface area contributed by atoms with E-state index in [2.05, 4.69) is 185 Å². The molecular weight excluding hydrogens is 1210 g/mol. The zero-order valence-corrected chi connectivity index (χ0v) is 51.6. The molecule has 12 heteroatoms. The van der Waals surface area contributed by atoms with Gasteiger partial charge in [0.05, 0.1) is 33.1 Å². The number of rotatable bonds is 9. The van der Waals surface area contributed by atoms with Gasteiger partial charge in [0.2, 0.25) is 0 Å². The summed E-state index contributed by atoms with van der Waals surface area (Å²) in [6.07, 6.45) is 4.84. The summed E-state index contributed by atoms with van der Waals surface area (Å²) in [4.78, 5) is 38.4. The van der Waals surface area contributed by atoms with E-state index in [1.54, 1.807) is 0 Å². The van der Waals surface area contributed by atoms with E-state index < -0.39 is 0 Å². The average Bonchev–Trinajstić information content (AvgIpc) is 1.61. The van der Waals surface area contributed by atoms with Crippen LogP contribution in [0.5, 0.6) is 0 Å². The highest BCUT2D eigenvalue weighted by Gasteiger charge is 2.24. The highest BCUT2D eigenvalue weighted by atomic mass is 79.9. The molecule has 0 fully saturated rings. The van der Waals surface area contributed by atoms with Crippen LogP contribution in [0.1, 0.15) is 11.1 Å². The van der Waals surface area contributed by atoms with Gasteiger partial charge in [0, 0.05) is 72.1 Å². The molecule has 1 aliphatic carbocycles. The minimum absolute atomic E-state index is 0.620. The lowest BCUT2D eigenvalue weighted by molar-refractivity contribution is 1.07. The Morgan fingerprint density at radius 2 is 0.699 bits per heavy atom. The molecule has 5 aromatic heterocycles. The van der Waals surface area contributed by atoms with Crippen molar-refractivity contribution in [2.45, 2.75) is 6.42 Å². The van der Waals surface area contributed by atoms with E-state index >= 15 is 0 Å². The fourth-order valence-electron chi connectivity index (χ4n) is 12.4. The van der Waals surface area contributed by atoms with E-state index in [0.717, 1.165) is 88.9 Å². The number of para-hydroxylation sites is 3. The smallest absolute Gasteiger partial charge is 0.164 e. The zero-order valence-electron chi connectivity index (χ0n) is 50.0. The van der Waals surface area contributed by atoms with Crippen molar-refractivity contribution in [2.75, 3.05) is 0 Å². The van der Waals surface area contributed by atoms with Crippen LogP contribution in [0.3, 0.4) is 0 Å². The highest BCUT2D eigenvalue weighted by Crippen LogP contribution is 2.42. The van der Waals surface area contributed by atoms with Crippen LogP contribution in [-0.4, -0.2) is 53.6 Å². The number of fused-ring (bicyclic) bond motifs is 10. The molecule has 0 bridgehead atoms. The number of halogens is 1. The molecule has 11 nitrogen and oxygen atoms in total. The van der Waals surface area contributed by atoms with Gasteiger partial charge in [-0.15, -0.1) is 0 Å². The van der Waals surface area contributed by atoms with Gasteiger partial charge >= 0.3 is 0 Å². The van der Waals surface area contributed by atoms with Gasteiger partial charge < -0.3 is 4.57 Å². The van der Waals surface area contributed by atoms with Crippen molar-refractivity contribution >= 4 is 59.8 Å². The molecule has 0 saturated carbocycles. The van der Waals surface area contributed by atoms with Gasteiger partial charge in [0.1, 0.15) is 12.7 Å². The molecule has 18 rings (SSSR count). The third kappa shape index (κ3) is 11.0. The Labute approximate surface area is 544 Å². The molecule has 93 heavy (non-hydrogen) atoms. The molecule has 0 atom stereocenters. The van der Waals surface area contributed by atoms with Crippen molar-refractivity contribution in [3.8, 4) is 96.5 Å². The molecule has 440 valence electrons. The first-order valence-corrected chi connectivity index (χ1v) is 31.5. The third-order valence-corrected chi connectivity index (χ3v) is 17.2. The van der Waals surface area contributed by atoms with Crippen LogP contribution in [-0.2, 0) is 6.42 Å². The van der Waals surface area contributed by atoms with Gasteiger partial charge in [-0.1, -0.05) is 246 Å². The molecule has 17 aromatic rings. The lowest BCUT2D eigenvalue weighted by atomic mass is 10.0. The Hall–Kier alpha value is -12.1. The maximum Gasteiger partial charge on any atom is 0.164 e. The largest absolute Gasteiger partial charge is 0.307 e. The normalized spacial score (nSPS) is 11.5.